The summed E-state index contributed by atoms with van der Waals surface area (Å²) in [6, 6.07) is 5.85. The van der Waals surface area contributed by atoms with Crippen molar-refractivity contribution in [2.75, 3.05) is 23.7 Å². The van der Waals surface area contributed by atoms with Gasteiger partial charge in [0.1, 0.15) is 11.6 Å². The Balaban J connectivity index is 2.08. The summed E-state index contributed by atoms with van der Waals surface area (Å²) in [4.78, 5) is 6.69. The Hall–Kier alpha value is -1.25. The predicted octanol–water partition coefficient (Wildman–Crippen LogP) is 2.15. The van der Waals surface area contributed by atoms with Crippen LogP contribution in [-0.4, -0.2) is 18.1 Å². The van der Waals surface area contributed by atoms with E-state index in [4.69, 9.17) is 5.73 Å². The zero-order chi connectivity index (χ0) is 10.8. The van der Waals surface area contributed by atoms with Crippen molar-refractivity contribution < 1.29 is 0 Å². The second kappa shape index (κ2) is 4.09. The lowest BCUT2D eigenvalue weighted by molar-refractivity contribution is 0.422. The summed E-state index contributed by atoms with van der Waals surface area (Å²) >= 11 is 0. The van der Waals surface area contributed by atoms with E-state index >= 15 is 0 Å². The number of hydrogen-bond acceptors (Lipinski definition) is 3. The molecule has 1 aromatic rings. The molecule has 1 unspecified atom stereocenters. The number of anilines is 2. The van der Waals surface area contributed by atoms with Crippen LogP contribution in [0.5, 0.6) is 0 Å². The van der Waals surface area contributed by atoms with E-state index in [1.807, 2.05) is 18.2 Å². The molecule has 3 nitrogen and oxygen atoms in total. The average Bonchev–Trinajstić information content (AvgIpc) is 2.66. The molecule has 2 heterocycles. The summed E-state index contributed by atoms with van der Waals surface area (Å²) in [6.45, 7) is 6.81. The van der Waals surface area contributed by atoms with Crippen molar-refractivity contribution in [3.8, 4) is 0 Å². The molecule has 0 amide bonds. The van der Waals surface area contributed by atoms with E-state index in [0.29, 0.717) is 5.82 Å². The first-order chi connectivity index (χ1) is 7.16. The Kier molecular flexibility index (Phi) is 2.80. The molecule has 1 aliphatic heterocycles. The molecule has 82 valence electrons. The molecule has 0 aliphatic carbocycles. The van der Waals surface area contributed by atoms with Gasteiger partial charge in [0.15, 0.2) is 0 Å². The van der Waals surface area contributed by atoms with Gasteiger partial charge in [-0.25, -0.2) is 4.98 Å². The van der Waals surface area contributed by atoms with Gasteiger partial charge < -0.3 is 10.6 Å². The molecule has 1 fully saturated rings. The van der Waals surface area contributed by atoms with Crippen molar-refractivity contribution in [3.05, 3.63) is 18.2 Å². The number of nitrogen functional groups attached to an aromatic ring is 1. The fraction of sp³-hybridized carbons (Fsp3) is 0.583. The third-order valence-electron chi connectivity index (χ3n) is 3.25. The Morgan fingerprint density at radius 1 is 1.47 bits per heavy atom. The fourth-order valence-corrected chi connectivity index (χ4v) is 2.16. The molecule has 1 saturated heterocycles. The zero-order valence-corrected chi connectivity index (χ0v) is 9.48. The van der Waals surface area contributed by atoms with Crippen molar-refractivity contribution in [1.29, 1.82) is 0 Å². The molecular formula is C12H19N3. The summed E-state index contributed by atoms with van der Waals surface area (Å²) in [7, 11) is 0. The third-order valence-corrected chi connectivity index (χ3v) is 3.25. The molecular weight excluding hydrogens is 186 g/mol. The SMILES string of the molecule is CC(C)C1CCN(c2cccc(N)n2)C1. The molecule has 2 rings (SSSR count). The van der Waals surface area contributed by atoms with Gasteiger partial charge in [-0.1, -0.05) is 19.9 Å². The fourth-order valence-electron chi connectivity index (χ4n) is 2.16. The minimum atomic E-state index is 0.612. The maximum Gasteiger partial charge on any atom is 0.130 e. The van der Waals surface area contributed by atoms with Crippen molar-refractivity contribution in [3.63, 3.8) is 0 Å². The van der Waals surface area contributed by atoms with Gasteiger partial charge in [0.2, 0.25) is 0 Å². The van der Waals surface area contributed by atoms with E-state index in [1.165, 1.54) is 6.42 Å². The van der Waals surface area contributed by atoms with Gasteiger partial charge in [-0.15, -0.1) is 0 Å². The topological polar surface area (TPSA) is 42.1 Å². The molecule has 1 atom stereocenters. The van der Waals surface area contributed by atoms with E-state index in [0.717, 1.165) is 30.7 Å². The number of rotatable bonds is 2. The van der Waals surface area contributed by atoms with E-state index in [9.17, 15) is 0 Å². The summed E-state index contributed by atoms with van der Waals surface area (Å²) < 4.78 is 0. The lowest BCUT2D eigenvalue weighted by Crippen LogP contribution is -2.22. The van der Waals surface area contributed by atoms with Crippen LogP contribution in [-0.2, 0) is 0 Å². The molecule has 3 heteroatoms. The van der Waals surface area contributed by atoms with Gasteiger partial charge in [-0.05, 0) is 30.4 Å². The molecule has 0 bridgehead atoms. The lowest BCUT2D eigenvalue weighted by atomic mass is 9.95. The van der Waals surface area contributed by atoms with Crippen LogP contribution in [0.1, 0.15) is 20.3 Å². The highest BCUT2D eigenvalue weighted by Crippen LogP contribution is 2.27. The maximum atomic E-state index is 5.68. The van der Waals surface area contributed by atoms with Crippen LogP contribution in [0.25, 0.3) is 0 Å². The van der Waals surface area contributed by atoms with Crippen molar-refractivity contribution in [2.45, 2.75) is 20.3 Å². The first-order valence-corrected chi connectivity index (χ1v) is 5.64. The molecule has 2 N–H and O–H groups in total. The van der Waals surface area contributed by atoms with E-state index in [1.54, 1.807) is 0 Å². The Morgan fingerprint density at radius 3 is 2.87 bits per heavy atom. The molecule has 0 aromatic carbocycles. The first kappa shape index (κ1) is 10.3. The predicted molar refractivity (Wildman–Crippen MR) is 63.8 cm³/mol. The van der Waals surface area contributed by atoms with Gasteiger partial charge >= 0.3 is 0 Å². The van der Waals surface area contributed by atoms with Gasteiger partial charge in [-0.2, -0.15) is 0 Å². The summed E-state index contributed by atoms with van der Waals surface area (Å²) in [6.07, 6.45) is 1.27. The van der Waals surface area contributed by atoms with Gasteiger partial charge in [0.25, 0.3) is 0 Å². The van der Waals surface area contributed by atoms with Crippen LogP contribution in [0.15, 0.2) is 18.2 Å². The van der Waals surface area contributed by atoms with Crippen molar-refractivity contribution in [2.24, 2.45) is 11.8 Å². The summed E-state index contributed by atoms with van der Waals surface area (Å²) in [5.41, 5.74) is 5.68. The van der Waals surface area contributed by atoms with Crippen LogP contribution in [0.2, 0.25) is 0 Å². The molecule has 1 aromatic heterocycles. The Bertz CT molecular complexity index is 335. The molecule has 1 aliphatic rings. The summed E-state index contributed by atoms with van der Waals surface area (Å²) in [5, 5.41) is 0. The van der Waals surface area contributed by atoms with Crippen LogP contribution in [0.3, 0.4) is 0 Å². The number of aromatic nitrogens is 1. The first-order valence-electron chi connectivity index (χ1n) is 5.64. The molecule has 0 saturated carbocycles. The minimum Gasteiger partial charge on any atom is -0.384 e. The summed E-state index contributed by atoms with van der Waals surface area (Å²) in [5.74, 6) is 3.20. The number of pyridine rings is 1. The van der Waals surface area contributed by atoms with Gasteiger partial charge in [0, 0.05) is 13.1 Å². The Morgan fingerprint density at radius 2 is 2.27 bits per heavy atom. The monoisotopic (exact) mass is 205 g/mol. The van der Waals surface area contributed by atoms with E-state index in [-0.39, 0.29) is 0 Å². The highest BCUT2D eigenvalue weighted by Gasteiger charge is 2.25. The molecule has 0 spiro atoms. The number of nitrogens with two attached hydrogens (primary N) is 1. The quantitative estimate of drug-likeness (QED) is 0.804. The van der Waals surface area contributed by atoms with Crippen LogP contribution in [0, 0.1) is 11.8 Å². The lowest BCUT2D eigenvalue weighted by Gasteiger charge is -2.19. The normalized spacial score (nSPS) is 21.3. The van der Waals surface area contributed by atoms with Crippen LogP contribution < -0.4 is 10.6 Å². The second-order valence-electron chi connectivity index (χ2n) is 4.66. The van der Waals surface area contributed by atoms with Crippen molar-refractivity contribution in [1.82, 2.24) is 4.98 Å². The van der Waals surface area contributed by atoms with E-state index in [2.05, 4.69) is 23.7 Å². The molecule has 0 radical (unpaired) electrons. The highest BCUT2D eigenvalue weighted by atomic mass is 15.2. The van der Waals surface area contributed by atoms with Crippen molar-refractivity contribution >= 4 is 11.6 Å². The maximum absolute atomic E-state index is 5.68. The Labute approximate surface area is 91.3 Å². The second-order valence-corrected chi connectivity index (χ2v) is 4.66. The minimum absolute atomic E-state index is 0.612. The van der Waals surface area contributed by atoms with E-state index < -0.39 is 0 Å². The smallest absolute Gasteiger partial charge is 0.130 e. The molecule has 15 heavy (non-hydrogen) atoms. The highest BCUT2D eigenvalue weighted by molar-refractivity contribution is 5.45. The standard InChI is InChI=1S/C12H19N3/c1-9(2)10-6-7-15(8-10)12-5-3-4-11(13)14-12/h3-5,9-10H,6-8H2,1-2H3,(H2,13,14). The number of hydrogen-bond donors (Lipinski definition) is 1. The van der Waals surface area contributed by atoms with Crippen LogP contribution in [0.4, 0.5) is 11.6 Å². The third kappa shape index (κ3) is 2.22. The van der Waals surface area contributed by atoms with Crippen LogP contribution >= 0.6 is 0 Å². The van der Waals surface area contributed by atoms with Gasteiger partial charge in [0.05, 0.1) is 0 Å². The zero-order valence-electron chi connectivity index (χ0n) is 9.48. The van der Waals surface area contributed by atoms with Gasteiger partial charge in [-0.3, -0.25) is 0 Å². The largest absolute Gasteiger partial charge is 0.384 e. The average molecular weight is 205 g/mol. The number of nitrogens with zero attached hydrogens (tertiary/aromatic N) is 2.